The first-order valence-electron chi connectivity index (χ1n) is 5.12. The predicted molar refractivity (Wildman–Crippen MR) is 64.6 cm³/mol. The molecule has 0 saturated carbocycles. The first-order valence-corrected chi connectivity index (χ1v) is 5.12. The van der Waals surface area contributed by atoms with Crippen molar-refractivity contribution in [2.75, 3.05) is 21.2 Å². The highest BCUT2D eigenvalue weighted by atomic mass is 16.5. The average Bonchev–Trinajstić information content (AvgIpc) is 2.35. The Morgan fingerprint density at radius 2 is 1.76 bits per heavy atom. The topological polar surface area (TPSA) is 46.6 Å². The fourth-order valence-corrected chi connectivity index (χ4v) is 1.32. The molecule has 0 aliphatic rings. The zero-order valence-electron chi connectivity index (χ0n) is 10.1. The zero-order chi connectivity index (χ0) is 12.8. The van der Waals surface area contributed by atoms with E-state index in [0.29, 0.717) is 5.56 Å². The first-order chi connectivity index (χ1) is 8.06. The van der Waals surface area contributed by atoms with Crippen LogP contribution < -0.4 is 0 Å². The molecule has 0 heterocycles. The van der Waals surface area contributed by atoms with Gasteiger partial charge in [0.2, 0.25) is 5.78 Å². The van der Waals surface area contributed by atoms with Crippen molar-refractivity contribution >= 4 is 11.8 Å². The molecule has 0 atom stereocenters. The van der Waals surface area contributed by atoms with E-state index in [1.165, 1.54) is 13.3 Å². The average molecular weight is 233 g/mol. The number of carbonyl (C=O) groups is 2. The molecule has 0 spiro atoms. The summed E-state index contributed by atoms with van der Waals surface area (Å²) in [6.45, 7) is 0. The minimum absolute atomic E-state index is 0.0173. The molecule has 0 bridgehead atoms. The van der Waals surface area contributed by atoms with Crippen molar-refractivity contribution in [2.45, 2.75) is 0 Å². The van der Waals surface area contributed by atoms with E-state index in [0.717, 1.165) is 0 Å². The van der Waals surface area contributed by atoms with Crippen LogP contribution in [0.5, 0.6) is 0 Å². The third kappa shape index (κ3) is 3.45. The predicted octanol–water partition coefficient (Wildman–Crippen LogP) is 1.49. The molecular formula is C13H15NO3. The van der Waals surface area contributed by atoms with Gasteiger partial charge >= 0.3 is 5.97 Å². The second-order valence-corrected chi connectivity index (χ2v) is 3.69. The highest BCUT2D eigenvalue weighted by Gasteiger charge is 2.20. The normalized spacial score (nSPS) is 10.9. The highest BCUT2D eigenvalue weighted by Crippen LogP contribution is 2.10. The van der Waals surface area contributed by atoms with Gasteiger partial charge in [-0.2, -0.15) is 0 Å². The van der Waals surface area contributed by atoms with Crippen molar-refractivity contribution in [3.05, 3.63) is 47.7 Å². The second kappa shape index (κ2) is 5.84. The number of esters is 1. The standard InChI is InChI=1S/C13H15NO3/c1-14(2)9-11(13(16)17-3)12(15)10-7-5-4-6-8-10/h4-9H,1-3H3/b11-9+. The highest BCUT2D eigenvalue weighted by molar-refractivity contribution is 6.24. The van der Waals surface area contributed by atoms with Crippen LogP contribution in [0, 0.1) is 0 Å². The molecule has 4 heteroatoms. The minimum atomic E-state index is -0.632. The smallest absolute Gasteiger partial charge is 0.343 e. The van der Waals surface area contributed by atoms with Gasteiger partial charge in [-0.15, -0.1) is 0 Å². The molecule has 0 N–H and O–H groups in total. The maximum absolute atomic E-state index is 12.1. The lowest BCUT2D eigenvalue weighted by atomic mass is 10.0. The lowest BCUT2D eigenvalue weighted by Gasteiger charge is -2.09. The Morgan fingerprint density at radius 3 is 2.24 bits per heavy atom. The number of ketones is 1. The number of methoxy groups -OCH3 is 1. The number of rotatable bonds is 4. The number of carbonyl (C=O) groups excluding carboxylic acids is 2. The molecule has 1 aromatic carbocycles. The van der Waals surface area contributed by atoms with E-state index >= 15 is 0 Å². The number of nitrogens with zero attached hydrogens (tertiary/aromatic N) is 1. The molecule has 1 rings (SSSR count). The molecule has 17 heavy (non-hydrogen) atoms. The zero-order valence-corrected chi connectivity index (χ0v) is 10.1. The molecule has 0 radical (unpaired) electrons. The molecule has 90 valence electrons. The van der Waals surface area contributed by atoms with Crippen LogP contribution in [0.15, 0.2) is 42.1 Å². The van der Waals surface area contributed by atoms with Crippen LogP contribution >= 0.6 is 0 Å². The van der Waals surface area contributed by atoms with Crippen molar-refractivity contribution in [1.29, 1.82) is 0 Å². The monoisotopic (exact) mass is 233 g/mol. The van der Waals surface area contributed by atoms with Gasteiger partial charge < -0.3 is 9.64 Å². The van der Waals surface area contributed by atoms with Gasteiger partial charge in [0.1, 0.15) is 5.57 Å². The molecule has 0 aromatic heterocycles. The van der Waals surface area contributed by atoms with E-state index in [4.69, 9.17) is 0 Å². The molecule has 0 aliphatic heterocycles. The van der Waals surface area contributed by atoms with Gasteiger partial charge in [0.25, 0.3) is 0 Å². The Hall–Kier alpha value is -2.10. The lowest BCUT2D eigenvalue weighted by molar-refractivity contribution is -0.135. The number of hydrogen-bond acceptors (Lipinski definition) is 4. The molecule has 0 amide bonds. The van der Waals surface area contributed by atoms with Gasteiger partial charge in [-0.3, -0.25) is 4.79 Å². The van der Waals surface area contributed by atoms with Crippen molar-refractivity contribution in [2.24, 2.45) is 0 Å². The molecule has 0 unspecified atom stereocenters. The maximum Gasteiger partial charge on any atom is 0.343 e. The Balaban J connectivity index is 3.08. The van der Waals surface area contributed by atoms with Crippen molar-refractivity contribution in [3.8, 4) is 0 Å². The maximum atomic E-state index is 12.1. The van der Waals surface area contributed by atoms with Crippen LogP contribution in [-0.2, 0) is 9.53 Å². The molecule has 0 aliphatic carbocycles. The summed E-state index contributed by atoms with van der Waals surface area (Å²) < 4.78 is 4.60. The minimum Gasteiger partial charge on any atom is -0.465 e. The SMILES string of the molecule is COC(=O)/C(=C/N(C)C)C(=O)c1ccccc1. The summed E-state index contributed by atoms with van der Waals surface area (Å²) in [5.41, 5.74) is 0.481. The summed E-state index contributed by atoms with van der Waals surface area (Å²) in [6.07, 6.45) is 1.46. The number of hydrogen-bond donors (Lipinski definition) is 0. The van der Waals surface area contributed by atoms with Crippen molar-refractivity contribution in [3.63, 3.8) is 0 Å². The van der Waals surface area contributed by atoms with Crippen LogP contribution in [0.3, 0.4) is 0 Å². The first kappa shape index (κ1) is 13.0. The summed E-state index contributed by atoms with van der Waals surface area (Å²) >= 11 is 0. The van der Waals surface area contributed by atoms with Crippen LogP contribution in [0.25, 0.3) is 0 Å². The summed E-state index contributed by atoms with van der Waals surface area (Å²) in [5.74, 6) is -0.973. The van der Waals surface area contributed by atoms with Gasteiger partial charge in [0, 0.05) is 25.9 Å². The van der Waals surface area contributed by atoms with Gasteiger partial charge in [-0.1, -0.05) is 30.3 Å². The molecule has 1 aromatic rings. The summed E-state index contributed by atoms with van der Waals surface area (Å²) in [7, 11) is 4.73. The van der Waals surface area contributed by atoms with Gasteiger partial charge in [0.15, 0.2) is 0 Å². The van der Waals surface area contributed by atoms with Crippen LogP contribution in [0.1, 0.15) is 10.4 Å². The summed E-state index contributed by atoms with van der Waals surface area (Å²) in [5, 5.41) is 0. The lowest BCUT2D eigenvalue weighted by Crippen LogP contribution is -2.18. The van der Waals surface area contributed by atoms with Gasteiger partial charge in [-0.25, -0.2) is 4.79 Å². The quantitative estimate of drug-likeness (QED) is 0.260. The third-order valence-electron chi connectivity index (χ3n) is 2.07. The van der Waals surface area contributed by atoms with E-state index in [2.05, 4.69) is 4.74 Å². The summed E-state index contributed by atoms with van der Waals surface area (Å²) in [4.78, 5) is 25.2. The van der Waals surface area contributed by atoms with Crippen molar-refractivity contribution in [1.82, 2.24) is 4.90 Å². The Labute approximate surface area is 100 Å². The number of benzene rings is 1. The molecule has 0 saturated heterocycles. The van der Waals surface area contributed by atoms with Crippen LogP contribution in [0.2, 0.25) is 0 Å². The van der Waals surface area contributed by atoms with Crippen LogP contribution in [0.4, 0.5) is 0 Å². The third-order valence-corrected chi connectivity index (χ3v) is 2.07. The van der Waals surface area contributed by atoms with Crippen LogP contribution in [-0.4, -0.2) is 37.9 Å². The largest absolute Gasteiger partial charge is 0.465 e. The Bertz CT molecular complexity index is 435. The van der Waals surface area contributed by atoms with E-state index in [1.807, 2.05) is 6.07 Å². The van der Waals surface area contributed by atoms with E-state index in [-0.39, 0.29) is 11.4 Å². The summed E-state index contributed by atoms with van der Waals surface area (Å²) in [6, 6.07) is 8.63. The van der Waals surface area contributed by atoms with Gasteiger partial charge in [-0.05, 0) is 0 Å². The number of ether oxygens (including phenoxy) is 1. The van der Waals surface area contributed by atoms with Gasteiger partial charge in [0.05, 0.1) is 7.11 Å². The fraction of sp³-hybridized carbons (Fsp3) is 0.231. The van der Waals surface area contributed by atoms with E-state index in [1.54, 1.807) is 43.3 Å². The molecule has 0 fully saturated rings. The molecular weight excluding hydrogens is 218 g/mol. The molecule has 4 nitrogen and oxygen atoms in total. The van der Waals surface area contributed by atoms with E-state index in [9.17, 15) is 9.59 Å². The fourth-order valence-electron chi connectivity index (χ4n) is 1.32. The number of Topliss-reactive ketones (excluding diaryl/α,β-unsaturated/α-hetero) is 1. The van der Waals surface area contributed by atoms with E-state index < -0.39 is 5.97 Å². The Morgan fingerprint density at radius 1 is 1.18 bits per heavy atom. The van der Waals surface area contributed by atoms with Crippen molar-refractivity contribution < 1.29 is 14.3 Å². The second-order valence-electron chi connectivity index (χ2n) is 3.69. The Kier molecular flexibility index (Phi) is 4.46.